The fraction of sp³-hybridized carbons (Fsp3) is 0.208. The molecule has 0 spiro atoms. The Kier molecular flexibility index (Phi) is 6.62. The Morgan fingerprint density at radius 3 is 2.55 bits per heavy atom. The molecule has 7 nitrogen and oxygen atoms in total. The van der Waals surface area contributed by atoms with Crippen LogP contribution in [-0.2, 0) is 14.8 Å². The van der Waals surface area contributed by atoms with Gasteiger partial charge in [0.05, 0.1) is 11.5 Å². The summed E-state index contributed by atoms with van der Waals surface area (Å²) in [6, 6.07) is 18.3. The molecular formula is C24H22FNO6S. The summed E-state index contributed by atoms with van der Waals surface area (Å²) in [6.45, 7) is 0.512. The van der Waals surface area contributed by atoms with E-state index in [1.807, 2.05) is 0 Å². The number of ether oxygens (including phenoxy) is 2. The minimum absolute atomic E-state index is 0.0134. The summed E-state index contributed by atoms with van der Waals surface area (Å²) in [5, 5.41) is 9.58. The van der Waals surface area contributed by atoms with Gasteiger partial charge < -0.3 is 14.6 Å². The van der Waals surface area contributed by atoms with Crippen LogP contribution in [0.5, 0.6) is 11.5 Å². The summed E-state index contributed by atoms with van der Waals surface area (Å²) in [5.41, 5.74) is 1.30. The van der Waals surface area contributed by atoms with Crippen LogP contribution in [0.1, 0.15) is 29.6 Å². The minimum Gasteiger partial charge on any atom is -0.493 e. The quantitative estimate of drug-likeness (QED) is 0.517. The van der Waals surface area contributed by atoms with E-state index in [4.69, 9.17) is 9.47 Å². The molecule has 0 aliphatic carbocycles. The van der Waals surface area contributed by atoms with Crippen LogP contribution in [0.2, 0.25) is 0 Å². The molecule has 9 heteroatoms. The van der Waals surface area contributed by atoms with Gasteiger partial charge in [0.25, 0.3) is 0 Å². The summed E-state index contributed by atoms with van der Waals surface area (Å²) < 4.78 is 52.2. The number of halogens is 1. The molecule has 2 unspecified atom stereocenters. The standard InChI is InChI=1S/C24H22FNO6S/c25-18-6-9-20(10-7-18)33(29,30)26-15-17-12-13-31-22-14-19(8-11-21(17)22)32-23(24(27)28)16-4-2-1-3-5-16/h1-11,14,17,23,26H,12-13,15H2,(H,27,28). The SMILES string of the molecule is O=C(O)C(Oc1ccc2c(c1)OCCC2CNS(=O)(=O)c1ccc(F)cc1)c1ccccc1. The molecule has 3 aromatic carbocycles. The Morgan fingerprint density at radius 1 is 1.12 bits per heavy atom. The molecule has 0 aromatic heterocycles. The van der Waals surface area contributed by atoms with Crippen LogP contribution in [0.3, 0.4) is 0 Å². The maximum atomic E-state index is 13.1. The van der Waals surface area contributed by atoms with Gasteiger partial charge >= 0.3 is 5.97 Å². The van der Waals surface area contributed by atoms with Gasteiger partial charge in [-0.05, 0) is 42.3 Å². The van der Waals surface area contributed by atoms with E-state index in [0.29, 0.717) is 30.1 Å². The van der Waals surface area contributed by atoms with Crippen molar-refractivity contribution in [1.29, 1.82) is 0 Å². The van der Waals surface area contributed by atoms with Crippen molar-refractivity contribution in [3.05, 3.63) is 89.7 Å². The van der Waals surface area contributed by atoms with Gasteiger partial charge in [-0.2, -0.15) is 0 Å². The highest BCUT2D eigenvalue weighted by atomic mass is 32.2. The molecule has 2 N–H and O–H groups in total. The molecule has 0 fully saturated rings. The van der Waals surface area contributed by atoms with E-state index in [1.165, 1.54) is 12.1 Å². The fourth-order valence-corrected chi connectivity index (χ4v) is 4.74. The summed E-state index contributed by atoms with van der Waals surface area (Å²) in [6.07, 6.45) is -0.577. The van der Waals surface area contributed by atoms with E-state index < -0.39 is 27.9 Å². The Balaban J connectivity index is 1.49. The second-order valence-electron chi connectivity index (χ2n) is 7.59. The molecule has 1 heterocycles. The predicted molar refractivity (Wildman–Crippen MR) is 118 cm³/mol. The topological polar surface area (TPSA) is 102 Å². The Morgan fingerprint density at radius 2 is 1.85 bits per heavy atom. The highest BCUT2D eigenvalue weighted by molar-refractivity contribution is 7.89. The number of sulfonamides is 1. The number of hydrogen-bond donors (Lipinski definition) is 2. The maximum Gasteiger partial charge on any atom is 0.349 e. The molecule has 0 saturated heterocycles. The lowest BCUT2D eigenvalue weighted by atomic mass is 9.93. The number of carboxylic acid groups (broad SMARTS) is 1. The van der Waals surface area contributed by atoms with Gasteiger partial charge in [-0.25, -0.2) is 22.3 Å². The largest absolute Gasteiger partial charge is 0.493 e. The predicted octanol–water partition coefficient (Wildman–Crippen LogP) is 3.88. The summed E-state index contributed by atoms with van der Waals surface area (Å²) >= 11 is 0. The van der Waals surface area contributed by atoms with Crippen molar-refractivity contribution in [3.8, 4) is 11.5 Å². The van der Waals surface area contributed by atoms with Crippen molar-refractivity contribution in [1.82, 2.24) is 4.72 Å². The molecule has 0 bridgehead atoms. The van der Waals surface area contributed by atoms with E-state index in [1.54, 1.807) is 48.5 Å². The zero-order valence-corrected chi connectivity index (χ0v) is 18.3. The number of carboxylic acids is 1. The number of rotatable bonds is 8. The average molecular weight is 472 g/mol. The van der Waals surface area contributed by atoms with Gasteiger partial charge in [0, 0.05) is 24.1 Å². The van der Waals surface area contributed by atoms with E-state index >= 15 is 0 Å². The zero-order chi connectivity index (χ0) is 23.4. The molecule has 33 heavy (non-hydrogen) atoms. The molecule has 0 radical (unpaired) electrons. The molecular weight excluding hydrogens is 449 g/mol. The lowest BCUT2D eigenvalue weighted by molar-refractivity contribution is -0.145. The Bertz CT molecular complexity index is 1230. The maximum absolute atomic E-state index is 13.1. The van der Waals surface area contributed by atoms with Gasteiger partial charge in [-0.3, -0.25) is 0 Å². The molecule has 172 valence electrons. The van der Waals surface area contributed by atoms with Crippen LogP contribution in [-0.4, -0.2) is 32.6 Å². The normalized spacial score (nSPS) is 16.3. The summed E-state index contributed by atoms with van der Waals surface area (Å²) in [4.78, 5) is 11.7. The number of hydrogen-bond acceptors (Lipinski definition) is 5. The number of aliphatic carboxylic acids is 1. The first-order valence-corrected chi connectivity index (χ1v) is 11.8. The number of carbonyl (C=O) groups is 1. The van der Waals surface area contributed by atoms with Crippen LogP contribution in [0.4, 0.5) is 4.39 Å². The van der Waals surface area contributed by atoms with Gasteiger partial charge in [-0.1, -0.05) is 36.4 Å². The first-order valence-electron chi connectivity index (χ1n) is 10.3. The van der Waals surface area contributed by atoms with Crippen molar-refractivity contribution < 1.29 is 32.2 Å². The highest BCUT2D eigenvalue weighted by Crippen LogP contribution is 2.37. The molecule has 0 amide bonds. The van der Waals surface area contributed by atoms with E-state index in [0.717, 1.165) is 17.7 Å². The van der Waals surface area contributed by atoms with Crippen molar-refractivity contribution in [2.75, 3.05) is 13.2 Å². The molecule has 1 aliphatic rings. The number of nitrogens with one attached hydrogen (secondary N) is 1. The van der Waals surface area contributed by atoms with Crippen LogP contribution >= 0.6 is 0 Å². The van der Waals surface area contributed by atoms with Crippen molar-refractivity contribution in [3.63, 3.8) is 0 Å². The van der Waals surface area contributed by atoms with Crippen molar-refractivity contribution >= 4 is 16.0 Å². The average Bonchev–Trinajstić information content (AvgIpc) is 2.81. The van der Waals surface area contributed by atoms with E-state index in [9.17, 15) is 22.7 Å². The van der Waals surface area contributed by atoms with Crippen LogP contribution in [0.15, 0.2) is 77.7 Å². The van der Waals surface area contributed by atoms with Gasteiger partial charge in [0.15, 0.2) is 0 Å². The molecule has 0 saturated carbocycles. The van der Waals surface area contributed by atoms with Gasteiger partial charge in [-0.15, -0.1) is 0 Å². The van der Waals surface area contributed by atoms with E-state index in [-0.39, 0.29) is 17.4 Å². The van der Waals surface area contributed by atoms with Crippen molar-refractivity contribution in [2.24, 2.45) is 0 Å². The number of fused-ring (bicyclic) bond motifs is 1. The minimum atomic E-state index is -3.79. The second-order valence-corrected chi connectivity index (χ2v) is 9.35. The van der Waals surface area contributed by atoms with Gasteiger partial charge in [0.2, 0.25) is 16.1 Å². The lowest BCUT2D eigenvalue weighted by Crippen LogP contribution is -2.30. The van der Waals surface area contributed by atoms with Gasteiger partial charge in [0.1, 0.15) is 17.3 Å². The number of benzene rings is 3. The lowest BCUT2D eigenvalue weighted by Gasteiger charge is -2.27. The molecule has 2 atom stereocenters. The Hall–Kier alpha value is -3.43. The Labute approximate surface area is 190 Å². The van der Waals surface area contributed by atoms with Crippen molar-refractivity contribution in [2.45, 2.75) is 23.3 Å². The first kappa shape index (κ1) is 22.8. The third-order valence-corrected chi connectivity index (χ3v) is 6.81. The summed E-state index contributed by atoms with van der Waals surface area (Å²) in [5.74, 6) is -0.933. The fourth-order valence-electron chi connectivity index (χ4n) is 3.66. The molecule has 3 aromatic rings. The molecule has 4 rings (SSSR count). The smallest absolute Gasteiger partial charge is 0.349 e. The second kappa shape index (κ2) is 9.60. The third kappa shape index (κ3) is 5.32. The van der Waals surface area contributed by atoms with E-state index in [2.05, 4.69) is 4.72 Å². The van der Waals surface area contributed by atoms with Crippen LogP contribution < -0.4 is 14.2 Å². The highest BCUT2D eigenvalue weighted by Gasteiger charge is 2.26. The molecule has 1 aliphatic heterocycles. The van der Waals surface area contributed by atoms with Crippen LogP contribution in [0.25, 0.3) is 0 Å². The monoisotopic (exact) mass is 471 g/mol. The van der Waals surface area contributed by atoms with Crippen LogP contribution in [0, 0.1) is 5.82 Å². The zero-order valence-electron chi connectivity index (χ0n) is 17.5. The summed E-state index contributed by atoms with van der Waals surface area (Å²) in [7, 11) is -3.79. The third-order valence-electron chi connectivity index (χ3n) is 5.37. The first-order chi connectivity index (χ1) is 15.8.